The Kier molecular flexibility index (Phi) is 3.10. The van der Waals surface area contributed by atoms with Crippen LogP contribution >= 0.6 is 0 Å². The smallest absolute Gasteiger partial charge is 0.0705 e. The number of aromatic nitrogens is 1. The molecule has 0 spiro atoms. The van der Waals surface area contributed by atoms with E-state index in [0.717, 1.165) is 17.0 Å². The van der Waals surface area contributed by atoms with Gasteiger partial charge in [0.2, 0.25) is 0 Å². The molecule has 2 rings (SSSR count). The van der Waals surface area contributed by atoms with Crippen molar-refractivity contribution in [1.29, 1.82) is 0 Å². The van der Waals surface area contributed by atoms with Gasteiger partial charge in [-0.25, -0.2) is 0 Å². The minimum Gasteiger partial charge on any atom is -0.305 e. The van der Waals surface area contributed by atoms with E-state index in [1.54, 1.807) is 0 Å². The molecule has 2 aromatic rings. The molecule has 74 valence electrons. The Balaban J connectivity index is 2.33. The van der Waals surface area contributed by atoms with Crippen LogP contribution < -0.4 is 5.32 Å². The van der Waals surface area contributed by atoms with E-state index < -0.39 is 0 Å². The zero-order valence-corrected chi connectivity index (χ0v) is 8.35. The second-order valence-corrected chi connectivity index (χ2v) is 3.26. The van der Waals surface area contributed by atoms with E-state index in [-0.39, 0.29) is 0 Å². The SMILES string of the molecule is [CH]NCc1cccc(-c2ccccc2)n1. The van der Waals surface area contributed by atoms with Gasteiger partial charge in [-0.05, 0) is 12.1 Å². The van der Waals surface area contributed by atoms with Crippen molar-refractivity contribution in [3.8, 4) is 11.3 Å². The van der Waals surface area contributed by atoms with Gasteiger partial charge in [0.25, 0.3) is 0 Å². The highest BCUT2D eigenvalue weighted by Gasteiger charge is 1.99. The summed E-state index contributed by atoms with van der Waals surface area (Å²) in [6, 6.07) is 16.0. The normalized spacial score (nSPS) is 10.2. The lowest BCUT2D eigenvalue weighted by molar-refractivity contribution is 0.834. The van der Waals surface area contributed by atoms with Crippen molar-refractivity contribution < 1.29 is 0 Å². The fourth-order valence-corrected chi connectivity index (χ4v) is 1.45. The molecule has 0 atom stereocenters. The first kappa shape index (κ1) is 9.87. The van der Waals surface area contributed by atoms with Crippen molar-refractivity contribution in [3.05, 3.63) is 61.3 Å². The number of hydrogen-bond acceptors (Lipinski definition) is 2. The molecule has 0 aliphatic rings. The average molecular weight is 196 g/mol. The maximum atomic E-state index is 5.26. The van der Waals surface area contributed by atoms with E-state index >= 15 is 0 Å². The molecule has 15 heavy (non-hydrogen) atoms. The second-order valence-electron chi connectivity index (χ2n) is 3.26. The predicted molar refractivity (Wildman–Crippen MR) is 60.8 cm³/mol. The van der Waals surface area contributed by atoms with Gasteiger partial charge < -0.3 is 5.32 Å². The maximum Gasteiger partial charge on any atom is 0.0705 e. The third-order valence-corrected chi connectivity index (χ3v) is 2.16. The van der Waals surface area contributed by atoms with Crippen LogP contribution in [-0.4, -0.2) is 4.98 Å². The number of nitrogens with one attached hydrogen (secondary N) is 1. The molecule has 0 saturated carbocycles. The van der Waals surface area contributed by atoms with Crippen molar-refractivity contribution in [2.24, 2.45) is 0 Å². The molecule has 0 saturated heterocycles. The minimum atomic E-state index is 0.584. The highest BCUT2D eigenvalue weighted by Crippen LogP contribution is 2.16. The highest BCUT2D eigenvalue weighted by molar-refractivity contribution is 5.58. The Morgan fingerprint density at radius 3 is 2.53 bits per heavy atom. The first-order valence-electron chi connectivity index (χ1n) is 4.85. The lowest BCUT2D eigenvalue weighted by atomic mass is 10.1. The first-order chi connectivity index (χ1) is 7.40. The van der Waals surface area contributed by atoms with Crippen LogP contribution in [0.2, 0.25) is 0 Å². The molecular formula is C13H12N2. The molecule has 0 amide bonds. The van der Waals surface area contributed by atoms with E-state index in [4.69, 9.17) is 7.05 Å². The van der Waals surface area contributed by atoms with Gasteiger partial charge in [-0.2, -0.15) is 0 Å². The molecule has 0 fully saturated rings. The Morgan fingerprint density at radius 1 is 1.00 bits per heavy atom. The molecule has 1 N–H and O–H groups in total. The lowest BCUT2D eigenvalue weighted by Crippen LogP contribution is -2.04. The van der Waals surface area contributed by atoms with E-state index in [9.17, 15) is 0 Å². The van der Waals surface area contributed by atoms with Gasteiger partial charge in [-0.15, -0.1) is 0 Å². The summed E-state index contributed by atoms with van der Waals surface area (Å²) in [5.74, 6) is 0. The van der Waals surface area contributed by atoms with Crippen LogP contribution in [0.3, 0.4) is 0 Å². The van der Waals surface area contributed by atoms with Crippen molar-refractivity contribution >= 4 is 0 Å². The summed E-state index contributed by atoms with van der Waals surface area (Å²) in [7, 11) is 5.26. The summed E-state index contributed by atoms with van der Waals surface area (Å²) < 4.78 is 0. The Bertz CT molecular complexity index is 424. The van der Waals surface area contributed by atoms with E-state index in [1.165, 1.54) is 0 Å². The van der Waals surface area contributed by atoms with Gasteiger partial charge in [-0.3, -0.25) is 4.98 Å². The van der Waals surface area contributed by atoms with Gasteiger partial charge in [0, 0.05) is 19.2 Å². The third-order valence-electron chi connectivity index (χ3n) is 2.16. The molecule has 2 heteroatoms. The summed E-state index contributed by atoms with van der Waals surface area (Å²) in [6.07, 6.45) is 0. The maximum absolute atomic E-state index is 5.26. The molecule has 1 aromatic carbocycles. The van der Waals surface area contributed by atoms with Gasteiger partial charge in [0.05, 0.1) is 11.4 Å². The minimum absolute atomic E-state index is 0.584. The van der Waals surface area contributed by atoms with Crippen LogP contribution in [-0.2, 0) is 6.54 Å². The van der Waals surface area contributed by atoms with E-state index in [0.29, 0.717) is 6.54 Å². The van der Waals surface area contributed by atoms with Crippen LogP contribution in [0, 0.1) is 7.05 Å². The standard InChI is InChI=1S/C13H12N2/c1-14-10-12-8-5-9-13(15-12)11-6-3-2-4-7-11/h1-9,14H,10H2. The fourth-order valence-electron chi connectivity index (χ4n) is 1.45. The predicted octanol–water partition coefficient (Wildman–Crippen LogP) is 2.51. The first-order valence-corrected chi connectivity index (χ1v) is 4.85. The zero-order valence-electron chi connectivity index (χ0n) is 8.35. The summed E-state index contributed by atoms with van der Waals surface area (Å²) in [5, 5.41) is 2.60. The number of rotatable bonds is 3. The molecule has 0 aliphatic heterocycles. The third kappa shape index (κ3) is 2.42. The topological polar surface area (TPSA) is 24.9 Å². The Morgan fingerprint density at radius 2 is 1.80 bits per heavy atom. The van der Waals surface area contributed by atoms with Crippen molar-refractivity contribution in [2.75, 3.05) is 0 Å². The van der Waals surface area contributed by atoms with Gasteiger partial charge >= 0.3 is 0 Å². The molecule has 0 unspecified atom stereocenters. The summed E-state index contributed by atoms with van der Waals surface area (Å²) in [4.78, 5) is 4.49. The number of nitrogens with zero attached hydrogens (tertiary/aromatic N) is 1. The van der Waals surface area contributed by atoms with Crippen molar-refractivity contribution in [2.45, 2.75) is 6.54 Å². The lowest BCUT2D eigenvalue weighted by Gasteiger charge is -2.03. The zero-order chi connectivity index (χ0) is 10.5. The van der Waals surface area contributed by atoms with Crippen LogP contribution in [0.5, 0.6) is 0 Å². The van der Waals surface area contributed by atoms with E-state index in [2.05, 4.69) is 10.3 Å². The Hall–Kier alpha value is -1.67. The number of pyridine rings is 1. The molecule has 2 radical (unpaired) electrons. The Labute approximate surface area is 90.0 Å². The van der Waals surface area contributed by atoms with Crippen LogP contribution in [0.4, 0.5) is 0 Å². The van der Waals surface area contributed by atoms with Crippen LogP contribution in [0.25, 0.3) is 11.3 Å². The highest BCUT2D eigenvalue weighted by atomic mass is 14.8. The number of benzene rings is 1. The van der Waals surface area contributed by atoms with Crippen LogP contribution in [0.15, 0.2) is 48.5 Å². The van der Waals surface area contributed by atoms with Gasteiger partial charge in [-0.1, -0.05) is 36.4 Å². The molecule has 1 heterocycles. The summed E-state index contributed by atoms with van der Waals surface area (Å²) >= 11 is 0. The van der Waals surface area contributed by atoms with Gasteiger partial charge in [0.15, 0.2) is 0 Å². The largest absolute Gasteiger partial charge is 0.305 e. The fraction of sp³-hybridized carbons (Fsp3) is 0.0769. The van der Waals surface area contributed by atoms with E-state index in [1.807, 2.05) is 48.5 Å². The number of hydrogen-bond donors (Lipinski definition) is 1. The summed E-state index contributed by atoms with van der Waals surface area (Å²) in [6.45, 7) is 0.584. The monoisotopic (exact) mass is 196 g/mol. The van der Waals surface area contributed by atoms with Crippen molar-refractivity contribution in [3.63, 3.8) is 0 Å². The average Bonchev–Trinajstić information content (AvgIpc) is 2.31. The molecule has 0 aliphatic carbocycles. The molecular weight excluding hydrogens is 184 g/mol. The van der Waals surface area contributed by atoms with Crippen LogP contribution in [0.1, 0.15) is 5.69 Å². The molecule has 0 bridgehead atoms. The molecule has 2 nitrogen and oxygen atoms in total. The summed E-state index contributed by atoms with van der Waals surface area (Å²) in [5.41, 5.74) is 3.04. The quantitative estimate of drug-likeness (QED) is 0.763. The molecule has 1 aromatic heterocycles. The second kappa shape index (κ2) is 4.71. The van der Waals surface area contributed by atoms with Crippen molar-refractivity contribution in [1.82, 2.24) is 10.3 Å². The van der Waals surface area contributed by atoms with Gasteiger partial charge in [0.1, 0.15) is 0 Å².